The van der Waals surface area contributed by atoms with Gasteiger partial charge in [0.05, 0.1) is 5.56 Å². The van der Waals surface area contributed by atoms with E-state index in [2.05, 4.69) is 15.9 Å². The van der Waals surface area contributed by atoms with Crippen LogP contribution in [0, 0.1) is 0 Å². The third-order valence-electron chi connectivity index (χ3n) is 3.05. The van der Waals surface area contributed by atoms with Crippen LogP contribution < -0.4 is 4.74 Å². The topological polar surface area (TPSA) is 46.6 Å². The van der Waals surface area contributed by atoms with E-state index in [0.29, 0.717) is 24.4 Å². The molecule has 0 aliphatic carbocycles. The number of hydrogen-bond acceptors (Lipinski definition) is 3. The second kappa shape index (κ2) is 7.43. The highest BCUT2D eigenvalue weighted by Gasteiger charge is 2.21. The molecule has 20 heavy (non-hydrogen) atoms. The fraction of sp³-hybridized carbons (Fsp3) is 0.467. The molecule has 1 unspecified atom stereocenters. The van der Waals surface area contributed by atoms with Gasteiger partial charge in [-0.2, -0.15) is 0 Å². The first-order chi connectivity index (χ1) is 9.40. The first-order valence-corrected chi connectivity index (χ1v) is 7.45. The molecule has 1 amide bonds. The van der Waals surface area contributed by atoms with E-state index in [1.165, 1.54) is 6.92 Å². The van der Waals surface area contributed by atoms with Crippen LogP contribution in [0.25, 0.3) is 0 Å². The molecule has 1 aromatic rings. The summed E-state index contributed by atoms with van der Waals surface area (Å²) in [4.78, 5) is 25.5. The van der Waals surface area contributed by atoms with Gasteiger partial charge in [-0.05, 0) is 45.9 Å². The lowest BCUT2D eigenvalue weighted by Gasteiger charge is -2.24. The lowest BCUT2D eigenvalue weighted by molar-refractivity contribution is -0.137. The average molecular weight is 342 g/mol. The molecule has 0 aromatic heterocycles. The maximum Gasteiger partial charge on any atom is 0.263 e. The van der Waals surface area contributed by atoms with Crippen molar-refractivity contribution in [2.45, 2.75) is 33.8 Å². The molecule has 4 nitrogen and oxygen atoms in total. The van der Waals surface area contributed by atoms with E-state index >= 15 is 0 Å². The number of likely N-dealkylation sites (N-methyl/N-ethyl adjacent to an activating group) is 1. The van der Waals surface area contributed by atoms with Crippen molar-refractivity contribution in [1.29, 1.82) is 0 Å². The SMILES string of the molecule is CCN(CC)C(=O)C(C)Oc1cc(Br)ccc1C(C)=O. The van der Waals surface area contributed by atoms with E-state index < -0.39 is 6.10 Å². The molecule has 0 saturated carbocycles. The number of hydrogen-bond donors (Lipinski definition) is 0. The van der Waals surface area contributed by atoms with Crippen LogP contribution >= 0.6 is 15.9 Å². The lowest BCUT2D eigenvalue weighted by atomic mass is 10.1. The Hall–Kier alpha value is -1.36. The minimum atomic E-state index is -0.623. The molecule has 1 aromatic carbocycles. The highest BCUT2D eigenvalue weighted by Crippen LogP contribution is 2.25. The summed E-state index contributed by atoms with van der Waals surface area (Å²) in [6, 6.07) is 5.18. The molecule has 0 aliphatic rings. The quantitative estimate of drug-likeness (QED) is 0.746. The van der Waals surface area contributed by atoms with E-state index in [9.17, 15) is 9.59 Å². The Labute approximate surface area is 128 Å². The zero-order valence-corrected chi connectivity index (χ0v) is 13.9. The average Bonchev–Trinajstić information content (AvgIpc) is 2.39. The molecule has 0 spiro atoms. The number of nitrogens with zero attached hydrogens (tertiary/aromatic N) is 1. The summed E-state index contributed by atoms with van der Waals surface area (Å²) >= 11 is 3.34. The van der Waals surface area contributed by atoms with Crippen molar-refractivity contribution in [2.75, 3.05) is 13.1 Å². The molecule has 110 valence electrons. The van der Waals surface area contributed by atoms with E-state index in [0.717, 1.165) is 4.47 Å². The normalized spacial score (nSPS) is 11.8. The van der Waals surface area contributed by atoms with E-state index in [4.69, 9.17) is 4.74 Å². The van der Waals surface area contributed by atoms with E-state index in [1.54, 1.807) is 30.0 Å². The Balaban J connectivity index is 2.95. The zero-order valence-electron chi connectivity index (χ0n) is 12.3. The second-order valence-electron chi connectivity index (χ2n) is 4.47. The van der Waals surface area contributed by atoms with Crippen molar-refractivity contribution in [3.63, 3.8) is 0 Å². The maximum absolute atomic E-state index is 12.2. The Morgan fingerprint density at radius 2 is 1.90 bits per heavy atom. The fourth-order valence-corrected chi connectivity index (χ4v) is 2.26. The van der Waals surface area contributed by atoms with Crippen molar-refractivity contribution in [3.8, 4) is 5.75 Å². The Morgan fingerprint density at radius 1 is 1.30 bits per heavy atom. The number of carbonyl (C=O) groups is 2. The summed E-state index contributed by atoms with van der Waals surface area (Å²) in [5, 5.41) is 0. The molecule has 0 radical (unpaired) electrons. The van der Waals surface area contributed by atoms with Gasteiger partial charge in [0.15, 0.2) is 11.9 Å². The molecule has 0 aliphatic heterocycles. The van der Waals surface area contributed by atoms with Gasteiger partial charge in [0.25, 0.3) is 5.91 Å². The van der Waals surface area contributed by atoms with Crippen LogP contribution in [0.1, 0.15) is 38.1 Å². The van der Waals surface area contributed by atoms with Crippen molar-refractivity contribution < 1.29 is 14.3 Å². The number of carbonyl (C=O) groups excluding carboxylic acids is 2. The van der Waals surface area contributed by atoms with Gasteiger partial charge in [0.2, 0.25) is 0 Å². The minimum Gasteiger partial charge on any atom is -0.480 e. The number of halogens is 1. The van der Waals surface area contributed by atoms with Crippen LogP contribution in [0.3, 0.4) is 0 Å². The third-order valence-corrected chi connectivity index (χ3v) is 3.54. The Kier molecular flexibility index (Phi) is 6.20. The van der Waals surface area contributed by atoms with E-state index in [1.807, 2.05) is 13.8 Å². The van der Waals surface area contributed by atoms with Crippen LogP contribution in [0.5, 0.6) is 5.75 Å². The van der Waals surface area contributed by atoms with Gasteiger partial charge in [0.1, 0.15) is 5.75 Å². The first kappa shape index (κ1) is 16.7. The molecule has 0 fully saturated rings. The van der Waals surface area contributed by atoms with Crippen LogP contribution in [-0.2, 0) is 4.79 Å². The largest absolute Gasteiger partial charge is 0.480 e. The number of amides is 1. The smallest absolute Gasteiger partial charge is 0.263 e. The molecule has 5 heteroatoms. The number of Topliss-reactive ketones (excluding diaryl/α,β-unsaturated/α-hetero) is 1. The van der Waals surface area contributed by atoms with Crippen LogP contribution in [0.2, 0.25) is 0 Å². The number of ether oxygens (including phenoxy) is 1. The molecule has 0 N–H and O–H groups in total. The van der Waals surface area contributed by atoms with Gasteiger partial charge in [-0.3, -0.25) is 9.59 Å². The van der Waals surface area contributed by atoms with Crippen LogP contribution in [-0.4, -0.2) is 35.8 Å². The fourth-order valence-electron chi connectivity index (χ4n) is 1.92. The van der Waals surface area contributed by atoms with Crippen molar-refractivity contribution in [3.05, 3.63) is 28.2 Å². The van der Waals surface area contributed by atoms with Crippen molar-refractivity contribution >= 4 is 27.6 Å². The van der Waals surface area contributed by atoms with Crippen LogP contribution in [0.4, 0.5) is 0 Å². The van der Waals surface area contributed by atoms with Crippen molar-refractivity contribution in [2.24, 2.45) is 0 Å². The minimum absolute atomic E-state index is 0.0792. The summed E-state index contributed by atoms with van der Waals surface area (Å²) in [7, 11) is 0. The number of ketones is 1. The predicted octanol–water partition coefficient (Wildman–Crippen LogP) is 3.29. The van der Waals surface area contributed by atoms with Gasteiger partial charge >= 0.3 is 0 Å². The summed E-state index contributed by atoms with van der Waals surface area (Å²) < 4.78 is 6.50. The van der Waals surface area contributed by atoms with Gasteiger partial charge in [-0.15, -0.1) is 0 Å². The molecule has 0 saturated heterocycles. The molecule has 1 atom stereocenters. The predicted molar refractivity (Wildman–Crippen MR) is 82.2 cm³/mol. The highest BCUT2D eigenvalue weighted by molar-refractivity contribution is 9.10. The monoisotopic (exact) mass is 341 g/mol. The maximum atomic E-state index is 12.2. The molecule has 0 heterocycles. The first-order valence-electron chi connectivity index (χ1n) is 6.66. The third kappa shape index (κ3) is 4.07. The van der Waals surface area contributed by atoms with E-state index in [-0.39, 0.29) is 11.7 Å². The summed E-state index contributed by atoms with van der Waals surface area (Å²) in [6.45, 7) is 8.31. The Bertz CT molecular complexity index is 498. The highest BCUT2D eigenvalue weighted by atomic mass is 79.9. The van der Waals surface area contributed by atoms with Gasteiger partial charge in [-0.25, -0.2) is 0 Å². The standard InChI is InChI=1S/C15H20BrNO3/c1-5-17(6-2)15(19)11(4)20-14-9-12(16)7-8-13(14)10(3)18/h7-9,11H,5-6H2,1-4H3. The van der Waals surface area contributed by atoms with Crippen molar-refractivity contribution in [1.82, 2.24) is 4.90 Å². The number of rotatable bonds is 6. The van der Waals surface area contributed by atoms with Gasteiger partial charge in [-0.1, -0.05) is 15.9 Å². The van der Waals surface area contributed by atoms with Gasteiger partial charge < -0.3 is 9.64 Å². The van der Waals surface area contributed by atoms with Crippen LogP contribution in [0.15, 0.2) is 22.7 Å². The second-order valence-corrected chi connectivity index (χ2v) is 5.38. The zero-order chi connectivity index (χ0) is 15.3. The molecular weight excluding hydrogens is 322 g/mol. The number of benzene rings is 1. The molecule has 1 rings (SSSR count). The molecular formula is C15H20BrNO3. The van der Waals surface area contributed by atoms with Gasteiger partial charge in [0, 0.05) is 17.6 Å². The summed E-state index contributed by atoms with van der Waals surface area (Å²) in [5.74, 6) is 0.263. The lowest BCUT2D eigenvalue weighted by Crippen LogP contribution is -2.40. The summed E-state index contributed by atoms with van der Waals surface area (Å²) in [5.41, 5.74) is 0.479. The summed E-state index contributed by atoms with van der Waals surface area (Å²) in [6.07, 6.45) is -0.623. The molecule has 0 bridgehead atoms. The Morgan fingerprint density at radius 3 is 2.40 bits per heavy atom.